The third-order valence-corrected chi connectivity index (χ3v) is 2.62. The molecule has 1 fully saturated rings. The summed E-state index contributed by atoms with van der Waals surface area (Å²) in [6.07, 6.45) is 2.35. The SMILES string of the molecule is CCNC(CCCOC)C1COCCO1. The Morgan fingerprint density at radius 3 is 2.93 bits per heavy atom. The lowest BCUT2D eigenvalue weighted by molar-refractivity contribution is -0.102. The van der Waals surface area contributed by atoms with Crippen LogP contribution in [0.2, 0.25) is 0 Å². The molecular formula is C11H23NO3. The van der Waals surface area contributed by atoms with Crippen molar-refractivity contribution in [3.05, 3.63) is 0 Å². The number of nitrogens with one attached hydrogen (secondary N) is 1. The van der Waals surface area contributed by atoms with Crippen LogP contribution in [0.5, 0.6) is 0 Å². The monoisotopic (exact) mass is 217 g/mol. The van der Waals surface area contributed by atoms with Crippen LogP contribution in [-0.2, 0) is 14.2 Å². The summed E-state index contributed by atoms with van der Waals surface area (Å²) < 4.78 is 16.2. The van der Waals surface area contributed by atoms with E-state index < -0.39 is 0 Å². The van der Waals surface area contributed by atoms with Crippen LogP contribution in [0, 0.1) is 0 Å². The van der Waals surface area contributed by atoms with Gasteiger partial charge in [0.25, 0.3) is 0 Å². The molecule has 15 heavy (non-hydrogen) atoms. The molecule has 0 spiro atoms. The van der Waals surface area contributed by atoms with E-state index in [2.05, 4.69) is 12.2 Å². The van der Waals surface area contributed by atoms with Gasteiger partial charge in [0.05, 0.1) is 25.9 Å². The van der Waals surface area contributed by atoms with Crippen LogP contribution in [-0.4, -0.2) is 52.2 Å². The highest BCUT2D eigenvalue weighted by Gasteiger charge is 2.23. The van der Waals surface area contributed by atoms with Gasteiger partial charge in [0.15, 0.2) is 0 Å². The predicted octanol–water partition coefficient (Wildman–Crippen LogP) is 0.806. The summed E-state index contributed by atoms with van der Waals surface area (Å²) >= 11 is 0. The highest BCUT2D eigenvalue weighted by atomic mass is 16.6. The number of hydrogen-bond donors (Lipinski definition) is 1. The minimum Gasteiger partial charge on any atom is -0.385 e. The molecule has 1 aliphatic rings. The number of hydrogen-bond acceptors (Lipinski definition) is 4. The van der Waals surface area contributed by atoms with Crippen molar-refractivity contribution in [1.29, 1.82) is 0 Å². The molecule has 2 unspecified atom stereocenters. The maximum absolute atomic E-state index is 5.70. The second-order valence-electron chi connectivity index (χ2n) is 3.78. The Bertz CT molecular complexity index is 149. The van der Waals surface area contributed by atoms with Gasteiger partial charge in [-0.2, -0.15) is 0 Å². The summed E-state index contributed by atoms with van der Waals surface area (Å²) in [7, 11) is 1.74. The molecular weight excluding hydrogens is 194 g/mol. The van der Waals surface area contributed by atoms with Crippen LogP contribution in [0.15, 0.2) is 0 Å². The largest absolute Gasteiger partial charge is 0.385 e. The zero-order valence-corrected chi connectivity index (χ0v) is 9.83. The van der Waals surface area contributed by atoms with Crippen molar-refractivity contribution < 1.29 is 14.2 Å². The standard InChI is InChI=1S/C11H23NO3/c1-3-12-10(5-4-6-13-2)11-9-14-7-8-15-11/h10-12H,3-9H2,1-2H3. The molecule has 0 amide bonds. The molecule has 0 aliphatic carbocycles. The van der Waals surface area contributed by atoms with Crippen molar-refractivity contribution in [1.82, 2.24) is 5.32 Å². The van der Waals surface area contributed by atoms with Crippen molar-refractivity contribution in [2.45, 2.75) is 31.9 Å². The molecule has 1 heterocycles. The number of ether oxygens (including phenoxy) is 3. The average molecular weight is 217 g/mol. The first kappa shape index (κ1) is 12.9. The van der Waals surface area contributed by atoms with Crippen LogP contribution >= 0.6 is 0 Å². The van der Waals surface area contributed by atoms with Crippen molar-refractivity contribution >= 4 is 0 Å². The smallest absolute Gasteiger partial charge is 0.0962 e. The number of likely N-dealkylation sites (N-methyl/N-ethyl adjacent to an activating group) is 1. The molecule has 4 heteroatoms. The fourth-order valence-electron chi connectivity index (χ4n) is 1.87. The minimum atomic E-state index is 0.204. The summed E-state index contributed by atoms with van der Waals surface area (Å²) in [5, 5.41) is 3.45. The van der Waals surface area contributed by atoms with Gasteiger partial charge in [0, 0.05) is 19.8 Å². The van der Waals surface area contributed by atoms with Gasteiger partial charge in [-0.05, 0) is 19.4 Å². The van der Waals surface area contributed by atoms with Crippen molar-refractivity contribution in [2.75, 3.05) is 40.1 Å². The van der Waals surface area contributed by atoms with E-state index in [0.717, 1.165) is 39.2 Å². The fraction of sp³-hybridized carbons (Fsp3) is 1.00. The Labute approximate surface area is 92.3 Å². The predicted molar refractivity (Wildman–Crippen MR) is 59.1 cm³/mol. The van der Waals surface area contributed by atoms with Gasteiger partial charge in [-0.1, -0.05) is 6.92 Å². The van der Waals surface area contributed by atoms with Crippen molar-refractivity contribution in [3.8, 4) is 0 Å². The number of methoxy groups -OCH3 is 1. The molecule has 90 valence electrons. The third kappa shape index (κ3) is 4.93. The first-order valence-electron chi connectivity index (χ1n) is 5.80. The Kier molecular flexibility index (Phi) is 6.92. The topological polar surface area (TPSA) is 39.7 Å². The number of rotatable bonds is 7. The highest BCUT2D eigenvalue weighted by molar-refractivity contribution is 4.78. The maximum atomic E-state index is 5.70. The van der Waals surface area contributed by atoms with Crippen LogP contribution in [0.4, 0.5) is 0 Å². The minimum absolute atomic E-state index is 0.204. The van der Waals surface area contributed by atoms with Crippen LogP contribution < -0.4 is 5.32 Å². The van der Waals surface area contributed by atoms with Gasteiger partial charge in [0.2, 0.25) is 0 Å². The first-order chi connectivity index (χ1) is 7.38. The summed E-state index contributed by atoms with van der Waals surface area (Å²) in [6.45, 7) is 6.06. The molecule has 0 bridgehead atoms. The van der Waals surface area contributed by atoms with E-state index in [1.807, 2.05) is 0 Å². The van der Waals surface area contributed by atoms with Gasteiger partial charge in [-0.25, -0.2) is 0 Å². The van der Waals surface area contributed by atoms with E-state index in [0.29, 0.717) is 12.6 Å². The Hall–Kier alpha value is -0.160. The van der Waals surface area contributed by atoms with E-state index in [-0.39, 0.29) is 6.10 Å². The molecule has 1 saturated heterocycles. The van der Waals surface area contributed by atoms with E-state index >= 15 is 0 Å². The molecule has 4 nitrogen and oxygen atoms in total. The molecule has 0 aromatic carbocycles. The van der Waals surface area contributed by atoms with E-state index in [1.54, 1.807) is 7.11 Å². The molecule has 0 radical (unpaired) electrons. The van der Waals surface area contributed by atoms with Crippen molar-refractivity contribution in [2.24, 2.45) is 0 Å². The maximum Gasteiger partial charge on any atom is 0.0962 e. The van der Waals surface area contributed by atoms with Crippen LogP contribution in [0.1, 0.15) is 19.8 Å². The Morgan fingerprint density at radius 2 is 2.33 bits per heavy atom. The van der Waals surface area contributed by atoms with Crippen LogP contribution in [0.25, 0.3) is 0 Å². The van der Waals surface area contributed by atoms with Gasteiger partial charge in [0.1, 0.15) is 0 Å². The average Bonchev–Trinajstić information content (AvgIpc) is 2.29. The quantitative estimate of drug-likeness (QED) is 0.641. The molecule has 0 aromatic heterocycles. The molecule has 0 saturated carbocycles. The lowest BCUT2D eigenvalue weighted by Crippen LogP contribution is -2.46. The second kappa shape index (κ2) is 8.05. The summed E-state index contributed by atoms with van der Waals surface area (Å²) in [6, 6.07) is 0.394. The molecule has 1 rings (SSSR count). The first-order valence-corrected chi connectivity index (χ1v) is 5.80. The molecule has 1 aliphatic heterocycles. The zero-order valence-electron chi connectivity index (χ0n) is 9.83. The molecule has 2 atom stereocenters. The zero-order chi connectivity index (χ0) is 10.9. The summed E-state index contributed by atoms with van der Waals surface area (Å²) in [4.78, 5) is 0. The van der Waals surface area contributed by atoms with Gasteiger partial charge < -0.3 is 19.5 Å². The normalized spacial score (nSPS) is 24.0. The van der Waals surface area contributed by atoms with Gasteiger partial charge in [-0.3, -0.25) is 0 Å². The fourth-order valence-corrected chi connectivity index (χ4v) is 1.87. The molecule has 1 N–H and O–H groups in total. The molecule has 0 aromatic rings. The van der Waals surface area contributed by atoms with Crippen LogP contribution in [0.3, 0.4) is 0 Å². The Morgan fingerprint density at radius 1 is 1.47 bits per heavy atom. The lowest BCUT2D eigenvalue weighted by Gasteiger charge is -2.31. The van der Waals surface area contributed by atoms with E-state index in [9.17, 15) is 0 Å². The lowest BCUT2D eigenvalue weighted by atomic mass is 10.1. The second-order valence-corrected chi connectivity index (χ2v) is 3.78. The van der Waals surface area contributed by atoms with Gasteiger partial charge in [-0.15, -0.1) is 0 Å². The Balaban J connectivity index is 2.26. The third-order valence-electron chi connectivity index (χ3n) is 2.62. The van der Waals surface area contributed by atoms with Gasteiger partial charge >= 0.3 is 0 Å². The summed E-state index contributed by atoms with van der Waals surface area (Å²) in [5.41, 5.74) is 0. The highest BCUT2D eigenvalue weighted by Crippen LogP contribution is 2.10. The van der Waals surface area contributed by atoms with Crippen molar-refractivity contribution in [3.63, 3.8) is 0 Å². The summed E-state index contributed by atoms with van der Waals surface area (Å²) in [5.74, 6) is 0. The van der Waals surface area contributed by atoms with E-state index in [4.69, 9.17) is 14.2 Å². The van der Waals surface area contributed by atoms with E-state index in [1.165, 1.54) is 0 Å².